The highest BCUT2D eigenvalue weighted by Crippen LogP contribution is 2.24. The summed E-state index contributed by atoms with van der Waals surface area (Å²) in [5.74, 6) is -0.0707. The number of nitrogens with one attached hydrogen (secondary N) is 1. The van der Waals surface area contributed by atoms with Crippen molar-refractivity contribution in [2.45, 2.75) is 6.54 Å². The average molecular weight is 281 g/mol. The van der Waals surface area contributed by atoms with Gasteiger partial charge in [0.15, 0.2) is 11.6 Å². The Morgan fingerprint density at radius 2 is 1.81 bits per heavy atom. The summed E-state index contributed by atoms with van der Waals surface area (Å²) in [6.07, 6.45) is 0. The third kappa shape index (κ3) is 2.82. The second kappa shape index (κ2) is 5.83. The predicted octanol–water partition coefficient (Wildman–Crippen LogP) is 4.60. The van der Waals surface area contributed by atoms with Crippen molar-refractivity contribution in [1.29, 1.82) is 0 Å². The van der Waals surface area contributed by atoms with Gasteiger partial charge in [0, 0.05) is 17.6 Å². The fourth-order valence-electron chi connectivity index (χ4n) is 2.40. The Labute approximate surface area is 123 Å². The Hall–Kier alpha value is -2.55. The SMILES string of the molecule is COc1ccc(CNc2cccc3ccccc23)cc1F. The summed E-state index contributed by atoms with van der Waals surface area (Å²) in [7, 11) is 1.46. The minimum absolute atomic E-state index is 0.268. The number of hydrogen-bond donors (Lipinski definition) is 1. The van der Waals surface area contributed by atoms with Gasteiger partial charge in [-0.15, -0.1) is 0 Å². The molecule has 0 saturated heterocycles. The fourth-order valence-corrected chi connectivity index (χ4v) is 2.40. The molecule has 21 heavy (non-hydrogen) atoms. The molecular weight excluding hydrogens is 265 g/mol. The molecule has 3 aromatic carbocycles. The van der Waals surface area contributed by atoms with Crippen LogP contribution < -0.4 is 10.1 Å². The third-order valence-corrected chi connectivity index (χ3v) is 3.49. The van der Waals surface area contributed by atoms with Gasteiger partial charge in [0.2, 0.25) is 0 Å². The molecule has 3 aromatic rings. The number of halogens is 1. The molecule has 0 saturated carbocycles. The molecule has 0 aliphatic heterocycles. The molecule has 0 amide bonds. The van der Waals surface area contributed by atoms with Crippen molar-refractivity contribution in [1.82, 2.24) is 0 Å². The zero-order valence-electron chi connectivity index (χ0n) is 11.8. The summed E-state index contributed by atoms with van der Waals surface area (Å²) in [6.45, 7) is 0.564. The molecule has 0 aromatic heterocycles. The maximum absolute atomic E-state index is 13.7. The zero-order chi connectivity index (χ0) is 14.7. The molecule has 1 N–H and O–H groups in total. The molecule has 106 valence electrons. The van der Waals surface area contributed by atoms with Crippen molar-refractivity contribution in [3.05, 3.63) is 72.0 Å². The monoisotopic (exact) mass is 281 g/mol. The molecule has 2 nitrogen and oxygen atoms in total. The molecule has 0 bridgehead atoms. The molecule has 0 spiro atoms. The first-order valence-electron chi connectivity index (χ1n) is 6.82. The highest BCUT2D eigenvalue weighted by Gasteiger charge is 2.04. The topological polar surface area (TPSA) is 21.3 Å². The quantitative estimate of drug-likeness (QED) is 0.754. The highest BCUT2D eigenvalue weighted by atomic mass is 19.1. The second-order valence-electron chi connectivity index (χ2n) is 4.85. The minimum atomic E-state index is -0.338. The van der Waals surface area contributed by atoms with E-state index in [1.807, 2.05) is 30.3 Å². The van der Waals surface area contributed by atoms with Crippen molar-refractivity contribution in [2.75, 3.05) is 12.4 Å². The smallest absolute Gasteiger partial charge is 0.165 e. The van der Waals surface area contributed by atoms with Crippen LogP contribution in [0.15, 0.2) is 60.7 Å². The largest absolute Gasteiger partial charge is 0.494 e. The Balaban J connectivity index is 1.82. The molecule has 0 aliphatic rings. The summed E-state index contributed by atoms with van der Waals surface area (Å²) >= 11 is 0. The van der Waals surface area contributed by atoms with Crippen LogP contribution in [-0.2, 0) is 6.54 Å². The van der Waals surface area contributed by atoms with E-state index in [2.05, 4.69) is 23.5 Å². The van der Waals surface area contributed by atoms with Gasteiger partial charge in [0.05, 0.1) is 7.11 Å². The van der Waals surface area contributed by atoms with Crippen LogP contribution in [0.25, 0.3) is 10.8 Å². The first kappa shape index (κ1) is 13.4. The molecule has 0 radical (unpaired) electrons. The highest BCUT2D eigenvalue weighted by molar-refractivity contribution is 5.93. The first-order valence-corrected chi connectivity index (χ1v) is 6.82. The van der Waals surface area contributed by atoms with Crippen molar-refractivity contribution in [2.24, 2.45) is 0 Å². The Kier molecular flexibility index (Phi) is 3.73. The van der Waals surface area contributed by atoms with Crippen LogP contribution in [0.2, 0.25) is 0 Å². The van der Waals surface area contributed by atoms with Gasteiger partial charge in [-0.1, -0.05) is 42.5 Å². The average Bonchev–Trinajstić information content (AvgIpc) is 2.53. The molecule has 0 heterocycles. The molecule has 0 fully saturated rings. The van der Waals surface area contributed by atoms with E-state index in [0.29, 0.717) is 6.54 Å². The second-order valence-corrected chi connectivity index (χ2v) is 4.85. The Morgan fingerprint density at radius 1 is 1.00 bits per heavy atom. The summed E-state index contributed by atoms with van der Waals surface area (Å²) in [5.41, 5.74) is 1.92. The van der Waals surface area contributed by atoms with Crippen molar-refractivity contribution >= 4 is 16.5 Å². The van der Waals surface area contributed by atoms with Gasteiger partial charge in [0.1, 0.15) is 0 Å². The lowest BCUT2D eigenvalue weighted by molar-refractivity contribution is 0.386. The number of ether oxygens (including phenoxy) is 1. The lowest BCUT2D eigenvalue weighted by Crippen LogP contribution is -2.01. The Morgan fingerprint density at radius 3 is 2.62 bits per heavy atom. The third-order valence-electron chi connectivity index (χ3n) is 3.49. The van der Waals surface area contributed by atoms with Crippen molar-refractivity contribution in [3.63, 3.8) is 0 Å². The van der Waals surface area contributed by atoms with Gasteiger partial charge >= 0.3 is 0 Å². The van der Waals surface area contributed by atoms with E-state index < -0.39 is 0 Å². The predicted molar refractivity (Wildman–Crippen MR) is 84.2 cm³/mol. The van der Waals surface area contributed by atoms with Gasteiger partial charge < -0.3 is 10.1 Å². The number of fused-ring (bicyclic) bond motifs is 1. The molecule has 0 atom stereocenters. The van der Waals surface area contributed by atoms with Crippen molar-refractivity contribution < 1.29 is 9.13 Å². The van der Waals surface area contributed by atoms with E-state index in [1.165, 1.54) is 18.6 Å². The Bertz CT molecular complexity index is 765. The minimum Gasteiger partial charge on any atom is -0.494 e. The molecule has 0 unspecified atom stereocenters. The van der Waals surface area contributed by atoms with Crippen LogP contribution in [0.4, 0.5) is 10.1 Å². The van der Waals surface area contributed by atoms with E-state index in [0.717, 1.165) is 16.6 Å². The van der Waals surface area contributed by atoms with Gasteiger partial charge in [-0.2, -0.15) is 0 Å². The molecular formula is C18H16FNO. The van der Waals surface area contributed by atoms with E-state index in [1.54, 1.807) is 6.07 Å². The van der Waals surface area contributed by atoms with E-state index >= 15 is 0 Å². The normalized spacial score (nSPS) is 10.6. The van der Waals surface area contributed by atoms with Crippen LogP contribution in [0.3, 0.4) is 0 Å². The fraction of sp³-hybridized carbons (Fsp3) is 0.111. The van der Waals surface area contributed by atoms with Gasteiger partial charge in [0.25, 0.3) is 0 Å². The van der Waals surface area contributed by atoms with Crippen LogP contribution in [-0.4, -0.2) is 7.11 Å². The van der Waals surface area contributed by atoms with Crippen LogP contribution in [0.5, 0.6) is 5.75 Å². The van der Waals surface area contributed by atoms with Crippen LogP contribution >= 0.6 is 0 Å². The first-order chi connectivity index (χ1) is 10.3. The van der Waals surface area contributed by atoms with E-state index in [4.69, 9.17) is 4.74 Å². The standard InChI is InChI=1S/C18H16FNO/c1-21-18-10-9-13(11-16(18)19)12-20-17-8-4-6-14-5-2-3-7-15(14)17/h2-11,20H,12H2,1H3. The maximum Gasteiger partial charge on any atom is 0.165 e. The molecule has 0 aliphatic carbocycles. The zero-order valence-corrected chi connectivity index (χ0v) is 11.8. The summed E-state index contributed by atoms with van der Waals surface area (Å²) in [5, 5.41) is 5.71. The number of hydrogen-bond acceptors (Lipinski definition) is 2. The molecule has 3 heteroatoms. The van der Waals surface area contributed by atoms with Crippen LogP contribution in [0.1, 0.15) is 5.56 Å². The molecule has 3 rings (SSSR count). The number of anilines is 1. The van der Waals surface area contributed by atoms with E-state index in [-0.39, 0.29) is 11.6 Å². The summed E-state index contributed by atoms with van der Waals surface area (Å²) < 4.78 is 18.6. The number of rotatable bonds is 4. The lowest BCUT2D eigenvalue weighted by Gasteiger charge is -2.10. The van der Waals surface area contributed by atoms with Gasteiger partial charge in [-0.3, -0.25) is 0 Å². The van der Waals surface area contributed by atoms with Gasteiger partial charge in [-0.25, -0.2) is 4.39 Å². The van der Waals surface area contributed by atoms with Gasteiger partial charge in [-0.05, 0) is 29.1 Å². The number of benzene rings is 3. The summed E-state index contributed by atoms with van der Waals surface area (Å²) in [6, 6.07) is 19.3. The number of methoxy groups -OCH3 is 1. The lowest BCUT2D eigenvalue weighted by atomic mass is 10.1. The summed E-state index contributed by atoms with van der Waals surface area (Å²) in [4.78, 5) is 0. The van der Waals surface area contributed by atoms with E-state index in [9.17, 15) is 4.39 Å². The maximum atomic E-state index is 13.7. The van der Waals surface area contributed by atoms with Crippen molar-refractivity contribution in [3.8, 4) is 5.75 Å². The van der Waals surface area contributed by atoms with Crippen LogP contribution in [0, 0.1) is 5.82 Å².